The van der Waals surface area contributed by atoms with E-state index in [4.69, 9.17) is 16.0 Å². The predicted octanol–water partition coefficient (Wildman–Crippen LogP) is 3.89. The van der Waals surface area contributed by atoms with Crippen molar-refractivity contribution in [3.8, 4) is 0 Å². The summed E-state index contributed by atoms with van der Waals surface area (Å²) < 4.78 is 5.44. The van der Waals surface area contributed by atoms with Crippen molar-refractivity contribution in [2.45, 2.75) is 12.8 Å². The molecule has 1 aromatic heterocycles. The van der Waals surface area contributed by atoms with Gasteiger partial charge in [0.1, 0.15) is 5.76 Å². The fraction of sp³-hybridized carbons (Fsp3) is 0.154. The SMILES string of the molecule is Cc1oc(/C=C/c2ccccc2)nc1CCl. The molecule has 0 spiro atoms. The second-order valence-electron chi connectivity index (χ2n) is 3.43. The molecule has 0 aliphatic carbocycles. The fourth-order valence-corrected chi connectivity index (χ4v) is 1.63. The average Bonchev–Trinajstić information content (AvgIpc) is 2.69. The first-order chi connectivity index (χ1) is 7.79. The highest BCUT2D eigenvalue weighted by Crippen LogP contribution is 2.14. The number of nitrogens with zero attached hydrogens (tertiary/aromatic N) is 1. The predicted molar refractivity (Wildman–Crippen MR) is 66.2 cm³/mol. The topological polar surface area (TPSA) is 26.0 Å². The number of hydrogen-bond acceptors (Lipinski definition) is 2. The van der Waals surface area contributed by atoms with Crippen molar-refractivity contribution in [1.82, 2.24) is 4.98 Å². The smallest absolute Gasteiger partial charge is 0.219 e. The highest BCUT2D eigenvalue weighted by atomic mass is 35.5. The van der Waals surface area contributed by atoms with Gasteiger partial charge in [-0.3, -0.25) is 0 Å². The molecule has 0 amide bonds. The third-order valence-corrected chi connectivity index (χ3v) is 2.51. The zero-order valence-corrected chi connectivity index (χ0v) is 9.74. The van der Waals surface area contributed by atoms with Gasteiger partial charge in [-0.1, -0.05) is 30.3 Å². The molecule has 0 saturated heterocycles. The van der Waals surface area contributed by atoms with Crippen molar-refractivity contribution in [2.24, 2.45) is 0 Å². The number of rotatable bonds is 3. The summed E-state index contributed by atoms with van der Waals surface area (Å²) in [6, 6.07) is 10.0. The summed E-state index contributed by atoms with van der Waals surface area (Å²) >= 11 is 5.72. The standard InChI is InChI=1S/C13H12ClNO/c1-10-12(9-14)15-13(16-10)8-7-11-5-3-2-4-6-11/h2-8H,9H2,1H3/b8-7+. The fourth-order valence-electron chi connectivity index (χ4n) is 1.38. The first-order valence-corrected chi connectivity index (χ1v) is 5.58. The van der Waals surface area contributed by atoms with Crippen LogP contribution in [0.3, 0.4) is 0 Å². The highest BCUT2D eigenvalue weighted by molar-refractivity contribution is 6.16. The summed E-state index contributed by atoms with van der Waals surface area (Å²) in [7, 11) is 0. The molecule has 1 heterocycles. The Morgan fingerprint density at radius 2 is 2.00 bits per heavy atom. The molecule has 16 heavy (non-hydrogen) atoms. The summed E-state index contributed by atoms with van der Waals surface area (Å²) in [4.78, 5) is 4.26. The van der Waals surface area contributed by atoms with Crippen LogP contribution in [0.5, 0.6) is 0 Å². The van der Waals surface area contributed by atoms with Gasteiger partial charge < -0.3 is 4.42 Å². The third-order valence-electron chi connectivity index (χ3n) is 2.25. The molecule has 0 saturated carbocycles. The van der Waals surface area contributed by atoms with Crippen LogP contribution >= 0.6 is 11.6 Å². The highest BCUT2D eigenvalue weighted by Gasteiger charge is 2.05. The minimum Gasteiger partial charge on any atom is -0.442 e. The van der Waals surface area contributed by atoms with Gasteiger partial charge in [0, 0.05) is 6.08 Å². The van der Waals surface area contributed by atoms with Crippen LogP contribution in [-0.2, 0) is 5.88 Å². The summed E-state index contributed by atoms with van der Waals surface area (Å²) in [5.41, 5.74) is 1.92. The lowest BCUT2D eigenvalue weighted by Crippen LogP contribution is -1.79. The van der Waals surface area contributed by atoms with Crippen LogP contribution in [0.25, 0.3) is 12.2 Å². The van der Waals surface area contributed by atoms with E-state index in [-0.39, 0.29) is 0 Å². The Bertz CT molecular complexity index is 488. The molecule has 1 aromatic carbocycles. The van der Waals surface area contributed by atoms with E-state index in [9.17, 15) is 0 Å². The van der Waals surface area contributed by atoms with E-state index in [1.165, 1.54) is 0 Å². The molecule has 0 aliphatic rings. The zero-order chi connectivity index (χ0) is 11.4. The van der Waals surface area contributed by atoms with Crippen LogP contribution in [0.2, 0.25) is 0 Å². The second kappa shape index (κ2) is 4.99. The van der Waals surface area contributed by atoms with E-state index < -0.39 is 0 Å². The maximum absolute atomic E-state index is 5.72. The van der Waals surface area contributed by atoms with Crippen molar-refractivity contribution in [2.75, 3.05) is 0 Å². The average molecular weight is 234 g/mol. The van der Waals surface area contributed by atoms with Crippen LogP contribution in [0.1, 0.15) is 22.9 Å². The Morgan fingerprint density at radius 3 is 2.62 bits per heavy atom. The number of halogens is 1. The molecular formula is C13H12ClNO. The van der Waals surface area contributed by atoms with Crippen LogP contribution in [-0.4, -0.2) is 4.98 Å². The lowest BCUT2D eigenvalue weighted by atomic mass is 10.2. The van der Waals surface area contributed by atoms with Gasteiger partial charge >= 0.3 is 0 Å². The number of aromatic nitrogens is 1. The number of benzene rings is 1. The Kier molecular flexibility index (Phi) is 3.42. The second-order valence-corrected chi connectivity index (χ2v) is 3.70. The first kappa shape index (κ1) is 11.0. The molecule has 82 valence electrons. The maximum atomic E-state index is 5.72. The van der Waals surface area contributed by atoms with Crippen LogP contribution < -0.4 is 0 Å². The van der Waals surface area contributed by atoms with Gasteiger partial charge in [-0.2, -0.15) is 0 Å². The Hall–Kier alpha value is -1.54. The molecule has 2 rings (SSSR count). The van der Waals surface area contributed by atoms with Crippen LogP contribution in [0.15, 0.2) is 34.7 Å². The van der Waals surface area contributed by atoms with E-state index in [1.54, 1.807) is 0 Å². The minimum atomic E-state index is 0.383. The normalized spacial score (nSPS) is 11.1. The van der Waals surface area contributed by atoms with Crippen molar-refractivity contribution >= 4 is 23.8 Å². The molecule has 0 fully saturated rings. The van der Waals surface area contributed by atoms with Gasteiger partial charge in [-0.15, -0.1) is 11.6 Å². The molecular weight excluding hydrogens is 222 g/mol. The molecule has 0 unspecified atom stereocenters. The molecule has 0 bridgehead atoms. The molecule has 0 aliphatic heterocycles. The van der Waals surface area contributed by atoms with Gasteiger partial charge in [-0.25, -0.2) is 4.98 Å². The van der Waals surface area contributed by atoms with E-state index in [2.05, 4.69) is 4.98 Å². The quantitative estimate of drug-likeness (QED) is 0.752. The summed E-state index contributed by atoms with van der Waals surface area (Å²) in [6.07, 6.45) is 3.81. The largest absolute Gasteiger partial charge is 0.442 e. The number of hydrogen-bond donors (Lipinski definition) is 0. The van der Waals surface area contributed by atoms with Gasteiger partial charge in [0.05, 0.1) is 11.6 Å². The summed E-state index contributed by atoms with van der Waals surface area (Å²) in [6.45, 7) is 1.87. The molecule has 3 heteroatoms. The molecule has 2 nitrogen and oxygen atoms in total. The Morgan fingerprint density at radius 1 is 1.25 bits per heavy atom. The van der Waals surface area contributed by atoms with E-state index >= 15 is 0 Å². The van der Waals surface area contributed by atoms with Crippen molar-refractivity contribution < 1.29 is 4.42 Å². The Balaban J connectivity index is 2.18. The molecule has 0 N–H and O–H groups in total. The van der Waals surface area contributed by atoms with E-state index in [0.29, 0.717) is 11.8 Å². The Labute approximate surface area is 99.6 Å². The minimum absolute atomic E-state index is 0.383. The lowest BCUT2D eigenvalue weighted by Gasteiger charge is -1.89. The van der Waals surface area contributed by atoms with Crippen molar-refractivity contribution in [3.05, 3.63) is 53.2 Å². The van der Waals surface area contributed by atoms with Crippen molar-refractivity contribution in [3.63, 3.8) is 0 Å². The van der Waals surface area contributed by atoms with Gasteiger partial charge in [0.2, 0.25) is 5.89 Å². The third kappa shape index (κ3) is 2.52. The number of alkyl halides is 1. The molecule has 0 radical (unpaired) electrons. The van der Waals surface area contributed by atoms with Gasteiger partial charge in [0.25, 0.3) is 0 Å². The van der Waals surface area contributed by atoms with E-state index in [0.717, 1.165) is 17.0 Å². The van der Waals surface area contributed by atoms with E-state index in [1.807, 2.05) is 49.4 Å². The lowest BCUT2D eigenvalue weighted by molar-refractivity contribution is 0.515. The number of oxazole rings is 1. The maximum Gasteiger partial charge on any atom is 0.219 e. The summed E-state index contributed by atoms with van der Waals surface area (Å²) in [5.74, 6) is 1.76. The number of aryl methyl sites for hydroxylation is 1. The van der Waals surface area contributed by atoms with Gasteiger partial charge in [-0.05, 0) is 18.6 Å². The van der Waals surface area contributed by atoms with Crippen molar-refractivity contribution in [1.29, 1.82) is 0 Å². The first-order valence-electron chi connectivity index (χ1n) is 5.05. The van der Waals surface area contributed by atoms with Crippen LogP contribution in [0, 0.1) is 6.92 Å². The van der Waals surface area contributed by atoms with Gasteiger partial charge in [0.15, 0.2) is 0 Å². The molecule has 0 atom stereocenters. The van der Waals surface area contributed by atoms with Crippen LogP contribution in [0.4, 0.5) is 0 Å². The summed E-state index contributed by atoms with van der Waals surface area (Å²) in [5, 5.41) is 0. The zero-order valence-electron chi connectivity index (χ0n) is 8.98. The monoisotopic (exact) mass is 233 g/mol. The molecule has 2 aromatic rings.